The number of aromatic hydroxyl groups is 1. The summed E-state index contributed by atoms with van der Waals surface area (Å²) in [5.41, 5.74) is -0.327. The fourth-order valence-corrected chi connectivity index (χ4v) is 1.25. The zero-order valence-electron chi connectivity index (χ0n) is 7.70. The largest absolute Gasteiger partial charge is 0.505 e. The van der Waals surface area contributed by atoms with Gasteiger partial charge in [-0.25, -0.2) is 9.18 Å². The van der Waals surface area contributed by atoms with Gasteiger partial charge >= 0.3 is 5.97 Å². The van der Waals surface area contributed by atoms with Crippen LogP contribution in [0.25, 0.3) is 0 Å². The summed E-state index contributed by atoms with van der Waals surface area (Å²) in [6.45, 7) is 0. The van der Waals surface area contributed by atoms with Crippen molar-refractivity contribution in [1.82, 2.24) is 0 Å². The minimum Gasteiger partial charge on any atom is -0.505 e. The van der Waals surface area contributed by atoms with Gasteiger partial charge in [0.2, 0.25) is 0 Å². The van der Waals surface area contributed by atoms with Crippen molar-refractivity contribution in [2.45, 2.75) is 6.10 Å². The highest BCUT2D eigenvalue weighted by atomic mass is 35.5. The Balaban J connectivity index is 3.19. The topological polar surface area (TPSA) is 66.8 Å². The molecular formula is C9H8ClFO4. The first-order valence-corrected chi connectivity index (χ1v) is 4.29. The van der Waals surface area contributed by atoms with Gasteiger partial charge < -0.3 is 14.9 Å². The van der Waals surface area contributed by atoms with Crippen molar-refractivity contribution in [3.8, 4) is 5.75 Å². The van der Waals surface area contributed by atoms with Crippen molar-refractivity contribution in [3.05, 3.63) is 28.5 Å². The van der Waals surface area contributed by atoms with E-state index in [1.807, 2.05) is 0 Å². The van der Waals surface area contributed by atoms with Gasteiger partial charge in [0.25, 0.3) is 0 Å². The molecule has 0 aliphatic rings. The lowest BCUT2D eigenvalue weighted by Crippen LogP contribution is -2.13. The molecule has 15 heavy (non-hydrogen) atoms. The molecule has 0 saturated carbocycles. The van der Waals surface area contributed by atoms with E-state index in [1.165, 1.54) is 0 Å². The van der Waals surface area contributed by atoms with Gasteiger partial charge in [-0.2, -0.15) is 0 Å². The van der Waals surface area contributed by atoms with Gasteiger partial charge in [-0.05, 0) is 12.1 Å². The molecule has 1 aromatic carbocycles. The molecule has 0 amide bonds. The predicted molar refractivity (Wildman–Crippen MR) is 50.1 cm³/mol. The zero-order chi connectivity index (χ0) is 11.6. The number of halogens is 2. The van der Waals surface area contributed by atoms with Crippen LogP contribution in [0.3, 0.4) is 0 Å². The van der Waals surface area contributed by atoms with E-state index in [0.717, 1.165) is 19.2 Å². The molecule has 6 heteroatoms. The van der Waals surface area contributed by atoms with Crippen LogP contribution in [0, 0.1) is 5.82 Å². The number of aliphatic hydroxyl groups excluding tert-OH is 1. The molecule has 0 aromatic heterocycles. The smallest absolute Gasteiger partial charge is 0.339 e. The van der Waals surface area contributed by atoms with Crippen molar-refractivity contribution in [1.29, 1.82) is 0 Å². The summed E-state index contributed by atoms with van der Waals surface area (Å²) < 4.78 is 17.2. The van der Waals surface area contributed by atoms with Gasteiger partial charge in [0, 0.05) is 10.6 Å². The van der Waals surface area contributed by atoms with E-state index < -0.39 is 23.6 Å². The van der Waals surface area contributed by atoms with Crippen LogP contribution in [-0.4, -0.2) is 23.3 Å². The van der Waals surface area contributed by atoms with Crippen molar-refractivity contribution >= 4 is 17.6 Å². The van der Waals surface area contributed by atoms with Crippen LogP contribution in [0.4, 0.5) is 4.39 Å². The van der Waals surface area contributed by atoms with E-state index in [0.29, 0.717) is 0 Å². The Morgan fingerprint density at radius 1 is 1.60 bits per heavy atom. The molecular weight excluding hydrogens is 227 g/mol. The van der Waals surface area contributed by atoms with Gasteiger partial charge in [-0.3, -0.25) is 0 Å². The van der Waals surface area contributed by atoms with Crippen LogP contribution in [0.1, 0.15) is 11.7 Å². The van der Waals surface area contributed by atoms with Crippen molar-refractivity contribution in [2.24, 2.45) is 0 Å². The normalized spacial score (nSPS) is 12.3. The van der Waals surface area contributed by atoms with E-state index >= 15 is 0 Å². The number of hydrogen-bond acceptors (Lipinski definition) is 4. The summed E-state index contributed by atoms with van der Waals surface area (Å²) in [4.78, 5) is 10.9. The Hall–Kier alpha value is -1.33. The molecule has 1 unspecified atom stereocenters. The van der Waals surface area contributed by atoms with Crippen LogP contribution in [0.2, 0.25) is 5.02 Å². The number of esters is 1. The minimum atomic E-state index is -1.76. The van der Waals surface area contributed by atoms with Gasteiger partial charge in [0.1, 0.15) is 0 Å². The van der Waals surface area contributed by atoms with Gasteiger partial charge in [-0.1, -0.05) is 11.6 Å². The molecule has 0 saturated heterocycles. The standard InChI is InChI=1S/C9H8ClFO4/c1-15-9(14)8(13)5-2-4(10)3-6(11)7(5)12/h2-3,8,12-13H,1H3. The van der Waals surface area contributed by atoms with E-state index in [1.54, 1.807) is 0 Å². The predicted octanol–water partition coefficient (Wildman–Crippen LogP) is 1.39. The Kier molecular flexibility index (Phi) is 3.49. The van der Waals surface area contributed by atoms with Crippen molar-refractivity contribution in [3.63, 3.8) is 0 Å². The second-order valence-electron chi connectivity index (χ2n) is 2.75. The molecule has 4 nitrogen and oxygen atoms in total. The van der Waals surface area contributed by atoms with Crippen LogP contribution in [-0.2, 0) is 9.53 Å². The van der Waals surface area contributed by atoms with Crippen LogP contribution in [0.5, 0.6) is 5.75 Å². The SMILES string of the molecule is COC(=O)C(O)c1cc(Cl)cc(F)c1O. The lowest BCUT2D eigenvalue weighted by Gasteiger charge is -2.11. The number of benzene rings is 1. The molecule has 0 aliphatic carbocycles. The number of hydrogen-bond donors (Lipinski definition) is 2. The lowest BCUT2D eigenvalue weighted by atomic mass is 10.1. The molecule has 1 aromatic rings. The summed E-state index contributed by atoms with van der Waals surface area (Å²) in [6, 6.07) is 1.95. The molecule has 0 spiro atoms. The van der Waals surface area contributed by atoms with Crippen LogP contribution >= 0.6 is 11.6 Å². The molecule has 1 rings (SSSR count). The number of phenols is 1. The fraction of sp³-hybridized carbons (Fsp3) is 0.222. The second-order valence-corrected chi connectivity index (χ2v) is 3.19. The van der Waals surface area contributed by atoms with Gasteiger partial charge in [-0.15, -0.1) is 0 Å². The Morgan fingerprint density at radius 3 is 2.73 bits per heavy atom. The summed E-state index contributed by atoms with van der Waals surface area (Å²) in [7, 11) is 1.06. The lowest BCUT2D eigenvalue weighted by molar-refractivity contribution is -0.150. The van der Waals surface area contributed by atoms with Gasteiger partial charge in [0.15, 0.2) is 17.7 Å². The van der Waals surface area contributed by atoms with Gasteiger partial charge in [0.05, 0.1) is 7.11 Å². The average molecular weight is 235 g/mol. The van der Waals surface area contributed by atoms with E-state index in [9.17, 15) is 19.4 Å². The summed E-state index contributed by atoms with van der Waals surface area (Å²) in [5, 5.41) is 18.6. The van der Waals surface area contributed by atoms with Crippen LogP contribution < -0.4 is 0 Å². The minimum absolute atomic E-state index is 0.0387. The Labute approximate surface area is 89.9 Å². The highest BCUT2D eigenvalue weighted by Crippen LogP contribution is 2.30. The quantitative estimate of drug-likeness (QED) is 0.759. The summed E-state index contributed by atoms with van der Waals surface area (Å²) >= 11 is 5.50. The highest BCUT2D eigenvalue weighted by molar-refractivity contribution is 6.30. The molecule has 0 fully saturated rings. The number of rotatable bonds is 2. The first-order valence-electron chi connectivity index (χ1n) is 3.91. The molecule has 0 aliphatic heterocycles. The van der Waals surface area contributed by atoms with E-state index in [2.05, 4.69) is 4.74 Å². The maximum atomic E-state index is 13.0. The number of carbonyl (C=O) groups excluding carboxylic acids is 1. The van der Waals surface area contributed by atoms with E-state index in [4.69, 9.17) is 11.6 Å². The highest BCUT2D eigenvalue weighted by Gasteiger charge is 2.23. The summed E-state index contributed by atoms with van der Waals surface area (Å²) in [6.07, 6.45) is -1.76. The number of phenolic OH excluding ortho intramolecular Hbond substituents is 1. The number of carbonyl (C=O) groups is 1. The number of methoxy groups -OCH3 is 1. The summed E-state index contributed by atoms with van der Waals surface area (Å²) in [5.74, 6) is -2.84. The molecule has 0 heterocycles. The third kappa shape index (κ3) is 2.37. The number of ether oxygens (including phenoxy) is 1. The molecule has 1 atom stereocenters. The maximum absolute atomic E-state index is 13.0. The van der Waals surface area contributed by atoms with Crippen molar-refractivity contribution < 1.29 is 24.1 Å². The Bertz CT molecular complexity index is 394. The molecule has 0 bridgehead atoms. The number of aliphatic hydroxyl groups is 1. The first-order chi connectivity index (χ1) is 6.97. The third-order valence-corrected chi connectivity index (χ3v) is 1.99. The molecule has 0 radical (unpaired) electrons. The van der Waals surface area contributed by atoms with Crippen LogP contribution in [0.15, 0.2) is 12.1 Å². The van der Waals surface area contributed by atoms with E-state index in [-0.39, 0.29) is 10.6 Å². The first kappa shape index (κ1) is 11.7. The average Bonchev–Trinajstić information content (AvgIpc) is 2.21. The maximum Gasteiger partial charge on any atom is 0.339 e. The second kappa shape index (κ2) is 4.46. The molecule has 82 valence electrons. The Morgan fingerprint density at radius 2 is 2.20 bits per heavy atom. The zero-order valence-corrected chi connectivity index (χ0v) is 8.45. The molecule has 2 N–H and O–H groups in total. The monoisotopic (exact) mass is 234 g/mol. The third-order valence-electron chi connectivity index (χ3n) is 1.78. The van der Waals surface area contributed by atoms with Crippen molar-refractivity contribution in [2.75, 3.05) is 7.11 Å². The fourth-order valence-electron chi connectivity index (χ4n) is 1.03.